The molecule has 5 nitrogen and oxygen atoms in total. The maximum Gasteiger partial charge on any atom is 0.126 e. The molecule has 0 radical (unpaired) electrons. The number of fused-ring (bicyclic) bond motifs is 3. The normalized spacial score (nSPS) is 27.8. The second kappa shape index (κ2) is 7.29. The Kier molecular flexibility index (Phi) is 4.88. The van der Waals surface area contributed by atoms with Gasteiger partial charge in [-0.3, -0.25) is 0 Å². The van der Waals surface area contributed by atoms with Gasteiger partial charge in [0.1, 0.15) is 11.4 Å². The lowest BCUT2D eigenvalue weighted by Crippen LogP contribution is -2.54. The fourth-order valence-corrected chi connectivity index (χ4v) is 5.58. The average molecular weight is 416 g/mol. The third-order valence-electron chi connectivity index (χ3n) is 7.28. The molecule has 2 atom stereocenters. The minimum absolute atomic E-state index is 0.0809. The first-order chi connectivity index (χ1) is 13.9. The van der Waals surface area contributed by atoms with Crippen LogP contribution in [0.15, 0.2) is 36.9 Å². The lowest BCUT2D eigenvalue weighted by atomic mass is 9.64. The van der Waals surface area contributed by atoms with Gasteiger partial charge in [-0.15, -0.1) is 0 Å². The molecule has 3 aliphatic heterocycles. The van der Waals surface area contributed by atoms with Crippen LogP contribution in [0.1, 0.15) is 44.8 Å². The van der Waals surface area contributed by atoms with Gasteiger partial charge in [0.25, 0.3) is 0 Å². The third kappa shape index (κ3) is 3.69. The number of benzene rings is 1. The molecule has 2 saturated heterocycles. The van der Waals surface area contributed by atoms with Gasteiger partial charge in [0.15, 0.2) is 0 Å². The first-order valence-electron chi connectivity index (χ1n) is 10.7. The number of hydrogen-bond donors (Lipinski definition) is 0. The van der Waals surface area contributed by atoms with E-state index in [2.05, 4.69) is 28.3 Å². The van der Waals surface area contributed by atoms with Crippen molar-refractivity contribution in [2.24, 2.45) is 11.3 Å². The van der Waals surface area contributed by atoms with Crippen molar-refractivity contribution in [3.05, 3.63) is 47.5 Å². The van der Waals surface area contributed by atoms with Gasteiger partial charge < -0.3 is 18.9 Å². The maximum absolute atomic E-state index is 6.58. The van der Waals surface area contributed by atoms with Crippen molar-refractivity contribution < 1.29 is 9.47 Å². The minimum Gasteiger partial charge on any atom is -0.487 e. The van der Waals surface area contributed by atoms with Gasteiger partial charge in [-0.1, -0.05) is 11.6 Å². The Balaban J connectivity index is 1.27. The van der Waals surface area contributed by atoms with E-state index in [9.17, 15) is 0 Å². The molecule has 2 fully saturated rings. The Morgan fingerprint density at radius 1 is 1.21 bits per heavy atom. The third-order valence-corrected chi connectivity index (χ3v) is 7.52. The van der Waals surface area contributed by atoms with Gasteiger partial charge in [0, 0.05) is 42.0 Å². The van der Waals surface area contributed by atoms with E-state index in [1.54, 1.807) is 0 Å². The summed E-state index contributed by atoms with van der Waals surface area (Å²) in [4.78, 5) is 6.71. The van der Waals surface area contributed by atoms with E-state index in [0.717, 1.165) is 55.5 Å². The average Bonchev–Trinajstić information content (AvgIpc) is 3.22. The molecule has 5 rings (SSSR count). The number of aromatic nitrogens is 2. The van der Waals surface area contributed by atoms with Crippen molar-refractivity contribution >= 4 is 11.6 Å². The van der Waals surface area contributed by atoms with Crippen LogP contribution in [0.5, 0.6) is 5.75 Å². The van der Waals surface area contributed by atoms with E-state index in [1.807, 2.05) is 36.9 Å². The SMILES string of the molecule is CC1(C)Oc2ccc(Cl)cc2[C@@H]2OCC3(CCN(CCn4ccnc4)CC3)C[C@H]21. The number of nitrogens with zero attached hydrogens (tertiary/aromatic N) is 3. The summed E-state index contributed by atoms with van der Waals surface area (Å²) in [5.74, 6) is 1.27. The molecule has 0 amide bonds. The number of halogens is 1. The number of hydrogen-bond acceptors (Lipinski definition) is 4. The number of likely N-dealkylation sites (tertiary alicyclic amines) is 1. The summed E-state index contributed by atoms with van der Waals surface area (Å²) < 4.78 is 15.2. The molecule has 1 spiro atoms. The lowest BCUT2D eigenvalue weighted by Gasteiger charge is -2.54. The predicted molar refractivity (Wildman–Crippen MR) is 113 cm³/mol. The van der Waals surface area contributed by atoms with Crippen LogP contribution < -0.4 is 4.74 Å². The Labute approximate surface area is 178 Å². The number of imidazole rings is 1. The number of piperidine rings is 1. The van der Waals surface area contributed by atoms with E-state index in [4.69, 9.17) is 21.1 Å². The second-order valence-electron chi connectivity index (χ2n) is 9.57. The van der Waals surface area contributed by atoms with Crippen LogP contribution in [0.3, 0.4) is 0 Å². The quantitative estimate of drug-likeness (QED) is 0.736. The van der Waals surface area contributed by atoms with Gasteiger partial charge in [0.05, 0.1) is 19.0 Å². The Morgan fingerprint density at radius 3 is 2.79 bits per heavy atom. The highest BCUT2D eigenvalue weighted by atomic mass is 35.5. The molecule has 1 aromatic heterocycles. The van der Waals surface area contributed by atoms with Crippen molar-refractivity contribution in [1.82, 2.24) is 14.5 Å². The monoisotopic (exact) mass is 415 g/mol. The zero-order valence-corrected chi connectivity index (χ0v) is 18.1. The molecular formula is C23H30ClN3O2. The van der Waals surface area contributed by atoms with E-state index < -0.39 is 0 Å². The largest absolute Gasteiger partial charge is 0.487 e. The van der Waals surface area contributed by atoms with Crippen LogP contribution in [0.4, 0.5) is 0 Å². The highest BCUT2D eigenvalue weighted by Gasteiger charge is 2.52. The summed E-state index contributed by atoms with van der Waals surface area (Å²) in [6.45, 7) is 9.63. The Morgan fingerprint density at radius 2 is 2.03 bits per heavy atom. The summed E-state index contributed by atoms with van der Waals surface area (Å²) in [6, 6.07) is 5.92. The molecule has 156 valence electrons. The Hall–Kier alpha value is -1.56. The van der Waals surface area contributed by atoms with E-state index >= 15 is 0 Å². The van der Waals surface area contributed by atoms with Gasteiger partial charge >= 0.3 is 0 Å². The highest BCUT2D eigenvalue weighted by Crippen LogP contribution is 2.55. The van der Waals surface area contributed by atoms with Crippen LogP contribution >= 0.6 is 11.6 Å². The first-order valence-corrected chi connectivity index (χ1v) is 11.1. The van der Waals surface area contributed by atoms with E-state index in [0.29, 0.717) is 5.92 Å². The Bertz CT molecular complexity index is 859. The first kappa shape index (κ1) is 19.4. The van der Waals surface area contributed by atoms with Crippen molar-refractivity contribution in [3.8, 4) is 5.75 Å². The van der Waals surface area contributed by atoms with E-state index in [1.165, 1.54) is 12.8 Å². The molecule has 2 aromatic rings. The summed E-state index contributed by atoms with van der Waals surface area (Å²) in [5, 5.41) is 0.751. The van der Waals surface area contributed by atoms with Crippen LogP contribution in [0.2, 0.25) is 5.02 Å². The molecule has 0 N–H and O–H groups in total. The van der Waals surface area contributed by atoms with Gasteiger partial charge in [-0.05, 0) is 69.8 Å². The molecule has 0 bridgehead atoms. The van der Waals surface area contributed by atoms with Gasteiger partial charge in [0.2, 0.25) is 0 Å². The topological polar surface area (TPSA) is 39.5 Å². The van der Waals surface area contributed by atoms with Gasteiger partial charge in [-0.2, -0.15) is 0 Å². The summed E-state index contributed by atoms with van der Waals surface area (Å²) in [5.41, 5.74) is 1.15. The fourth-order valence-electron chi connectivity index (χ4n) is 5.40. The van der Waals surface area contributed by atoms with Crippen molar-refractivity contribution in [1.29, 1.82) is 0 Å². The van der Waals surface area contributed by atoms with Crippen LogP contribution in [-0.4, -0.2) is 46.3 Å². The minimum atomic E-state index is -0.239. The van der Waals surface area contributed by atoms with Crippen LogP contribution in [0.25, 0.3) is 0 Å². The highest BCUT2D eigenvalue weighted by molar-refractivity contribution is 6.30. The molecule has 0 unspecified atom stereocenters. The van der Waals surface area contributed by atoms with Gasteiger partial charge in [-0.25, -0.2) is 4.98 Å². The predicted octanol–water partition coefficient (Wildman–Crippen LogP) is 4.57. The smallest absolute Gasteiger partial charge is 0.126 e. The molecule has 29 heavy (non-hydrogen) atoms. The molecule has 3 aliphatic rings. The summed E-state index contributed by atoms with van der Waals surface area (Å²) in [6.07, 6.45) is 9.41. The van der Waals surface area contributed by atoms with Crippen molar-refractivity contribution in [2.75, 3.05) is 26.2 Å². The molecule has 0 saturated carbocycles. The molecule has 0 aliphatic carbocycles. The number of rotatable bonds is 3. The summed E-state index contributed by atoms with van der Waals surface area (Å²) >= 11 is 6.28. The van der Waals surface area contributed by atoms with Crippen LogP contribution in [-0.2, 0) is 11.3 Å². The number of ether oxygens (including phenoxy) is 2. The molecule has 6 heteroatoms. The molecule has 4 heterocycles. The second-order valence-corrected chi connectivity index (χ2v) is 10.0. The summed E-state index contributed by atoms with van der Waals surface area (Å²) in [7, 11) is 0. The van der Waals surface area contributed by atoms with Crippen LogP contribution in [0, 0.1) is 11.3 Å². The standard InChI is InChI=1S/C23H30ClN3O2/c1-22(2)19-14-23(5-8-26(9-6-23)11-12-27-10-7-25-16-27)15-28-21(19)18-13-17(24)3-4-20(18)29-22/h3-4,7,10,13,16,19,21H,5-6,8-9,11-12,14-15H2,1-2H3/t19-,21+/m1/s1. The molecular weight excluding hydrogens is 386 g/mol. The fraction of sp³-hybridized carbons (Fsp3) is 0.609. The van der Waals surface area contributed by atoms with Crippen molar-refractivity contribution in [2.45, 2.75) is 51.4 Å². The maximum atomic E-state index is 6.58. The van der Waals surface area contributed by atoms with E-state index in [-0.39, 0.29) is 17.1 Å². The zero-order chi connectivity index (χ0) is 20.1. The lowest BCUT2D eigenvalue weighted by molar-refractivity contribution is -0.174. The van der Waals surface area contributed by atoms with Crippen molar-refractivity contribution in [3.63, 3.8) is 0 Å². The molecule has 1 aromatic carbocycles. The zero-order valence-electron chi connectivity index (χ0n) is 17.3.